The SMILES string of the molecule is O=C1C=CC(CCCCCCO)O1. The molecule has 0 bridgehead atoms. The highest BCUT2D eigenvalue weighted by Crippen LogP contribution is 2.13. The molecule has 1 atom stereocenters. The molecular weight excluding hydrogens is 168 g/mol. The van der Waals surface area contributed by atoms with Crippen molar-refractivity contribution in [2.75, 3.05) is 6.61 Å². The average molecular weight is 184 g/mol. The molecule has 0 radical (unpaired) electrons. The monoisotopic (exact) mass is 184 g/mol. The van der Waals surface area contributed by atoms with E-state index < -0.39 is 0 Å². The standard InChI is InChI=1S/C10H16O3/c11-8-4-2-1-3-5-9-6-7-10(12)13-9/h6-7,9,11H,1-5,8H2. The molecule has 0 aliphatic carbocycles. The van der Waals surface area contributed by atoms with Gasteiger partial charge in [0.05, 0.1) is 0 Å². The molecule has 0 aromatic carbocycles. The Morgan fingerprint density at radius 2 is 2.08 bits per heavy atom. The summed E-state index contributed by atoms with van der Waals surface area (Å²) in [6.07, 6.45) is 8.30. The predicted octanol–water partition coefficient (Wildman–Crippen LogP) is 1.41. The third-order valence-electron chi connectivity index (χ3n) is 2.11. The molecule has 1 aliphatic rings. The zero-order valence-electron chi connectivity index (χ0n) is 7.74. The third kappa shape index (κ3) is 4.08. The molecule has 3 heteroatoms. The molecule has 1 heterocycles. The van der Waals surface area contributed by atoms with Crippen LogP contribution >= 0.6 is 0 Å². The van der Waals surface area contributed by atoms with E-state index in [9.17, 15) is 4.79 Å². The van der Waals surface area contributed by atoms with Crippen LogP contribution in [0.1, 0.15) is 32.1 Å². The highest BCUT2D eigenvalue weighted by molar-refractivity contribution is 5.84. The van der Waals surface area contributed by atoms with Gasteiger partial charge >= 0.3 is 5.97 Å². The number of unbranched alkanes of at least 4 members (excludes halogenated alkanes) is 3. The lowest BCUT2D eigenvalue weighted by molar-refractivity contribution is -0.138. The van der Waals surface area contributed by atoms with Crippen molar-refractivity contribution in [3.63, 3.8) is 0 Å². The maximum Gasteiger partial charge on any atom is 0.331 e. The van der Waals surface area contributed by atoms with Crippen molar-refractivity contribution in [1.82, 2.24) is 0 Å². The molecule has 1 N–H and O–H groups in total. The van der Waals surface area contributed by atoms with Gasteiger partial charge in [-0.2, -0.15) is 0 Å². The lowest BCUT2D eigenvalue weighted by atomic mass is 10.1. The van der Waals surface area contributed by atoms with Gasteiger partial charge in [0, 0.05) is 12.7 Å². The molecule has 1 aliphatic heterocycles. The van der Waals surface area contributed by atoms with E-state index >= 15 is 0 Å². The molecular formula is C10H16O3. The first kappa shape index (κ1) is 10.3. The van der Waals surface area contributed by atoms with Crippen LogP contribution < -0.4 is 0 Å². The fourth-order valence-electron chi connectivity index (χ4n) is 1.38. The van der Waals surface area contributed by atoms with E-state index in [1.807, 2.05) is 6.08 Å². The van der Waals surface area contributed by atoms with Crippen LogP contribution in [0.4, 0.5) is 0 Å². The second-order valence-electron chi connectivity index (χ2n) is 3.26. The van der Waals surface area contributed by atoms with Crippen LogP contribution in [0.15, 0.2) is 12.2 Å². The lowest BCUT2D eigenvalue weighted by Gasteiger charge is -2.07. The van der Waals surface area contributed by atoms with Gasteiger partial charge in [-0.1, -0.05) is 12.8 Å². The van der Waals surface area contributed by atoms with E-state index in [0.717, 1.165) is 32.1 Å². The van der Waals surface area contributed by atoms with Crippen molar-refractivity contribution in [2.45, 2.75) is 38.2 Å². The van der Waals surface area contributed by atoms with E-state index in [1.54, 1.807) is 0 Å². The zero-order valence-corrected chi connectivity index (χ0v) is 7.74. The minimum Gasteiger partial charge on any atom is -0.455 e. The van der Waals surface area contributed by atoms with E-state index in [0.29, 0.717) is 0 Å². The second-order valence-corrected chi connectivity index (χ2v) is 3.26. The molecule has 0 saturated carbocycles. The predicted molar refractivity (Wildman–Crippen MR) is 49.2 cm³/mol. The molecule has 0 spiro atoms. The molecule has 1 rings (SSSR count). The minimum atomic E-state index is -0.222. The first-order chi connectivity index (χ1) is 6.33. The Balaban J connectivity index is 1.95. The van der Waals surface area contributed by atoms with Gasteiger partial charge in [-0.05, 0) is 25.3 Å². The Morgan fingerprint density at radius 3 is 2.69 bits per heavy atom. The lowest BCUT2D eigenvalue weighted by Crippen LogP contribution is -2.06. The Kier molecular flexibility index (Phi) is 4.54. The second kappa shape index (κ2) is 5.75. The van der Waals surface area contributed by atoms with Gasteiger partial charge < -0.3 is 9.84 Å². The normalized spacial score (nSPS) is 20.7. The fourth-order valence-corrected chi connectivity index (χ4v) is 1.38. The molecule has 0 aromatic heterocycles. The number of cyclic esters (lactones) is 1. The maximum atomic E-state index is 10.6. The summed E-state index contributed by atoms with van der Waals surface area (Å²) in [6, 6.07) is 0. The van der Waals surface area contributed by atoms with Crippen molar-refractivity contribution in [3.05, 3.63) is 12.2 Å². The van der Waals surface area contributed by atoms with Gasteiger partial charge in [-0.15, -0.1) is 0 Å². The number of hydrogen-bond donors (Lipinski definition) is 1. The Morgan fingerprint density at radius 1 is 1.31 bits per heavy atom. The van der Waals surface area contributed by atoms with Gasteiger partial charge in [0.1, 0.15) is 6.10 Å². The molecule has 13 heavy (non-hydrogen) atoms. The number of ether oxygens (including phenoxy) is 1. The highest BCUT2D eigenvalue weighted by Gasteiger charge is 2.15. The van der Waals surface area contributed by atoms with E-state index in [4.69, 9.17) is 9.84 Å². The highest BCUT2D eigenvalue weighted by atomic mass is 16.5. The summed E-state index contributed by atoms with van der Waals surface area (Å²) in [5, 5.41) is 8.53. The molecule has 0 saturated heterocycles. The van der Waals surface area contributed by atoms with Gasteiger partial charge in [-0.25, -0.2) is 4.79 Å². The van der Waals surface area contributed by atoms with Crippen LogP contribution in [-0.2, 0) is 9.53 Å². The smallest absolute Gasteiger partial charge is 0.331 e. The molecule has 74 valence electrons. The van der Waals surface area contributed by atoms with Crippen LogP contribution in [0, 0.1) is 0 Å². The van der Waals surface area contributed by atoms with Crippen molar-refractivity contribution < 1.29 is 14.6 Å². The van der Waals surface area contributed by atoms with Gasteiger partial charge in [0.2, 0.25) is 0 Å². The van der Waals surface area contributed by atoms with Crippen LogP contribution in [-0.4, -0.2) is 23.8 Å². The number of carbonyl (C=O) groups excluding carboxylic acids is 1. The number of aliphatic hydroxyl groups excluding tert-OH is 1. The summed E-state index contributed by atoms with van der Waals surface area (Å²) < 4.78 is 4.97. The maximum absolute atomic E-state index is 10.6. The third-order valence-corrected chi connectivity index (χ3v) is 2.11. The van der Waals surface area contributed by atoms with Gasteiger partial charge in [-0.3, -0.25) is 0 Å². The van der Waals surface area contributed by atoms with Crippen LogP contribution in [0.25, 0.3) is 0 Å². The van der Waals surface area contributed by atoms with Crippen molar-refractivity contribution >= 4 is 5.97 Å². The van der Waals surface area contributed by atoms with E-state index in [-0.39, 0.29) is 18.7 Å². The van der Waals surface area contributed by atoms with Gasteiger partial charge in [0.25, 0.3) is 0 Å². The van der Waals surface area contributed by atoms with Gasteiger partial charge in [0.15, 0.2) is 0 Å². The first-order valence-corrected chi connectivity index (χ1v) is 4.82. The average Bonchev–Trinajstić information content (AvgIpc) is 2.51. The van der Waals surface area contributed by atoms with E-state index in [2.05, 4.69) is 0 Å². The quantitative estimate of drug-likeness (QED) is 0.501. The van der Waals surface area contributed by atoms with Crippen LogP contribution in [0.5, 0.6) is 0 Å². The number of aliphatic hydroxyl groups is 1. The van der Waals surface area contributed by atoms with Crippen LogP contribution in [0.2, 0.25) is 0 Å². The number of esters is 1. The largest absolute Gasteiger partial charge is 0.455 e. The van der Waals surface area contributed by atoms with Crippen molar-refractivity contribution in [1.29, 1.82) is 0 Å². The van der Waals surface area contributed by atoms with Crippen molar-refractivity contribution in [2.24, 2.45) is 0 Å². The van der Waals surface area contributed by atoms with Crippen LogP contribution in [0.3, 0.4) is 0 Å². The fraction of sp³-hybridized carbons (Fsp3) is 0.700. The Hall–Kier alpha value is -0.830. The topological polar surface area (TPSA) is 46.5 Å². The minimum absolute atomic E-state index is 0.00151. The number of hydrogen-bond acceptors (Lipinski definition) is 3. The Bertz CT molecular complexity index is 187. The summed E-state index contributed by atoms with van der Waals surface area (Å²) in [7, 11) is 0. The summed E-state index contributed by atoms with van der Waals surface area (Å²) in [5.74, 6) is -0.222. The number of rotatable bonds is 6. The Labute approximate surface area is 78.4 Å². The summed E-state index contributed by atoms with van der Waals surface area (Å²) in [6.45, 7) is 0.276. The summed E-state index contributed by atoms with van der Waals surface area (Å²) in [4.78, 5) is 10.6. The molecule has 3 nitrogen and oxygen atoms in total. The molecule has 0 aromatic rings. The molecule has 0 fully saturated rings. The molecule has 0 amide bonds. The van der Waals surface area contributed by atoms with Crippen molar-refractivity contribution in [3.8, 4) is 0 Å². The summed E-state index contributed by atoms with van der Waals surface area (Å²) in [5.41, 5.74) is 0. The van der Waals surface area contributed by atoms with E-state index in [1.165, 1.54) is 6.08 Å². The molecule has 1 unspecified atom stereocenters. The zero-order chi connectivity index (χ0) is 9.52. The summed E-state index contributed by atoms with van der Waals surface area (Å²) >= 11 is 0. The number of carbonyl (C=O) groups is 1. The first-order valence-electron chi connectivity index (χ1n) is 4.82.